The minimum absolute atomic E-state index is 0.473. The smallest absolute Gasteiger partial charge is 0.101 e. The minimum atomic E-state index is 0.473. The molecule has 4 nitrogen and oxygen atoms in total. The molecule has 5 heteroatoms. The van der Waals surface area contributed by atoms with Gasteiger partial charge in [-0.2, -0.15) is 10.4 Å². The van der Waals surface area contributed by atoms with Crippen LogP contribution in [0.5, 0.6) is 0 Å². The maximum Gasteiger partial charge on any atom is 0.101 e. The van der Waals surface area contributed by atoms with E-state index in [1.54, 1.807) is 23.0 Å². The van der Waals surface area contributed by atoms with E-state index in [0.29, 0.717) is 11.3 Å². The first-order valence-electron chi connectivity index (χ1n) is 4.21. The van der Waals surface area contributed by atoms with Gasteiger partial charge in [-0.05, 0) is 40.8 Å². The van der Waals surface area contributed by atoms with Crippen molar-refractivity contribution in [1.29, 1.82) is 5.26 Å². The van der Waals surface area contributed by atoms with Crippen LogP contribution >= 0.6 is 22.6 Å². The first kappa shape index (κ1) is 9.98. The van der Waals surface area contributed by atoms with E-state index in [1.165, 1.54) is 0 Å². The van der Waals surface area contributed by atoms with Crippen LogP contribution in [-0.2, 0) is 0 Å². The van der Waals surface area contributed by atoms with E-state index in [2.05, 4.69) is 27.7 Å². The highest BCUT2D eigenvalue weighted by Gasteiger charge is 2.02. The number of anilines is 1. The second kappa shape index (κ2) is 3.90. The molecule has 2 rings (SSSR count). The molecule has 1 heterocycles. The summed E-state index contributed by atoms with van der Waals surface area (Å²) in [4.78, 5) is 0. The van der Waals surface area contributed by atoms with Crippen molar-refractivity contribution in [1.82, 2.24) is 9.78 Å². The van der Waals surface area contributed by atoms with Crippen molar-refractivity contribution >= 4 is 28.3 Å². The number of rotatable bonds is 1. The zero-order chi connectivity index (χ0) is 10.8. The molecule has 0 atom stereocenters. The summed E-state index contributed by atoms with van der Waals surface area (Å²) >= 11 is 2.18. The lowest BCUT2D eigenvalue weighted by molar-refractivity contribution is 0.880. The number of benzene rings is 1. The lowest BCUT2D eigenvalue weighted by atomic mass is 10.2. The number of nitrogens with zero attached hydrogens (tertiary/aromatic N) is 3. The van der Waals surface area contributed by atoms with Crippen LogP contribution in [0.4, 0.5) is 5.69 Å². The highest BCUT2D eigenvalue weighted by molar-refractivity contribution is 14.1. The van der Waals surface area contributed by atoms with Crippen molar-refractivity contribution < 1.29 is 0 Å². The van der Waals surface area contributed by atoms with Crippen LogP contribution in [0.1, 0.15) is 5.56 Å². The summed E-state index contributed by atoms with van der Waals surface area (Å²) in [5, 5.41) is 12.9. The standard InChI is InChI=1S/C10H7IN4/c11-8-5-14-15(6-8)9-2-1-7(4-12)10(13)3-9/h1-3,5-6H,13H2. The molecule has 0 saturated heterocycles. The quantitative estimate of drug-likeness (QED) is 0.646. The Morgan fingerprint density at radius 1 is 1.47 bits per heavy atom. The van der Waals surface area contributed by atoms with Crippen LogP contribution in [0.15, 0.2) is 30.6 Å². The summed E-state index contributed by atoms with van der Waals surface area (Å²) in [6.07, 6.45) is 3.65. The number of hydrogen-bond acceptors (Lipinski definition) is 3. The molecule has 1 aromatic carbocycles. The van der Waals surface area contributed by atoms with Crippen LogP contribution in [-0.4, -0.2) is 9.78 Å². The molecule has 74 valence electrons. The highest BCUT2D eigenvalue weighted by atomic mass is 127. The van der Waals surface area contributed by atoms with Crippen LogP contribution in [0.25, 0.3) is 5.69 Å². The molecule has 0 radical (unpaired) electrons. The number of nitrogens with two attached hydrogens (primary N) is 1. The topological polar surface area (TPSA) is 67.6 Å². The van der Waals surface area contributed by atoms with E-state index in [0.717, 1.165) is 9.26 Å². The summed E-state index contributed by atoms with van der Waals surface area (Å²) in [5.41, 5.74) is 7.53. The molecular formula is C10H7IN4. The first-order valence-corrected chi connectivity index (χ1v) is 5.29. The second-order valence-electron chi connectivity index (χ2n) is 2.99. The molecular weight excluding hydrogens is 303 g/mol. The van der Waals surface area contributed by atoms with E-state index in [9.17, 15) is 0 Å². The van der Waals surface area contributed by atoms with Gasteiger partial charge in [0, 0.05) is 6.20 Å². The van der Waals surface area contributed by atoms with Crippen molar-refractivity contribution in [2.75, 3.05) is 5.73 Å². The Morgan fingerprint density at radius 2 is 2.27 bits per heavy atom. The van der Waals surface area contributed by atoms with Gasteiger partial charge in [0.2, 0.25) is 0 Å². The summed E-state index contributed by atoms with van der Waals surface area (Å²) in [6.45, 7) is 0. The van der Waals surface area contributed by atoms with Gasteiger partial charge in [0.05, 0.1) is 26.7 Å². The fourth-order valence-electron chi connectivity index (χ4n) is 1.24. The largest absolute Gasteiger partial charge is 0.398 e. The third kappa shape index (κ3) is 1.94. The highest BCUT2D eigenvalue weighted by Crippen LogP contribution is 2.16. The van der Waals surface area contributed by atoms with E-state index in [4.69, 9.17) is 11.0 Å². The zero-order valence-electron chi connectivity index (χ0n) is 7.68. The van der Waals surface area contributed by atoms with E-state index >= 15 is 0 Å². The first-order chi connectivity index (χ1) is 7.20. The molecule has 0 aliphatic rings. The van der Waals surface area contributed by atoms with E-state index in [1.807, 2.05) is 18.3 Å². The molecule has 2 aromatic rings. The molecule has 0 aliphatic heterocycles. The Bertz CT molecular complexity index is 539. The maximum absolute atomic E-state index is 8.73. The van der Waals surface area contributed by atoms with Gasteiger partial charge < -0.3 is 5.73 Å². The van der Waals surface area contributed by atoms with Gasteiger partial charge >= 0.3 is 0 Å². The summed E-state index contributed by atoms with van der Waals surface area (Å²) < 4.78 is 2.77. The number of nitrogen functional groups attached to an aromatic ring is 1. The fourth-order valence-corrected chi connectivity index (χ4v) is 1.62. The van der Waals surface area contributed by atoms with Gasteiger partial charge in [-0.25, -0.2) is 4.68 Å². The normalized spacial score (nSPS) is 9.87. The van der Waals surface area contributed by atoms with Crippen LogP contribution in [0.2, 0.25) is 0 Å². The Labute approximate surface area is 100 Å². The van der Waals surface area contributed by atoms with Gasteiger partial charge in [0.15, 0.2) is 0 Å². The summed E-state index contributed by atoms with van der Waals surface area (Å²) in [6, 6.07) is 7.27. The predicted octanol–water partition coefficient (Wildman–Crippen LogP) is 1.93. The molecule has 15 heavy (non-hydrogen) atoms. The molecule has 1 aromatic heterocycles. The molecule has 2 N–H and O–H groups in total. The Hall–Kier alpha value is -1.55. The number of aromatic nitrogens is 2. The monoisotopic (exact) mass is 310 g/mol. The summed E-state index contributed by atoms with van der Waals surface area (Å²) in [7, 11) is 0. The third-order valence-corrected chi connectivity index (χ3v) is 2.53. The van der Waals surface area contributed by atoms with Crippen molar-refractivity contribution in [3.05, 3.63) is 39.7 Å². The lowest BCUT2D eigenvalue weighted by Gasteiger charge is -2.03. The molecule has 0 bridgehead atoms. The van der Waals surface area contributed by atoms with Crippen molar-refractivity contribution in [3.8, 4) is 11.8 Å². The zero-order valence-corrected chi connectivity index (χ0v) is 9.84. The van der Waals surface area contributed by atoms with Gasteiger partial charge in [-0.1, -0.05) is 0 Å². The number of hydrogen-bond donors (Lipinski definition) is 1. The third-order valence-electron chi connectivity index (χ3n) is 1.97. The molecule has 0 aliphatic carbocycles. The minimum Gasteiger partial charge on any atom is -0.398 e. The Morgan fingerprint density at radius 3 is 2.80 bits per heavy atom. The van der Waals surface area contributed by atoms with Crippen molar-refractivity contribution in [2.45, 2.75) is 0 Å². The Balaban J connectivity index is 2.48. The maximum atomic E-state index is 8.73. The van der Waals surface area contributed by atoms with Crippen molar-refractivity contribution in [2.24, 2.45) is 0 Å². The van der Waals surface area contributed by atoms with Gasteiger partial charge in [0.25, 0.3) is 0 Å². The van der Waals surface area contributed by atoms with Crippen LogP contribution in [0.3, 0.4) is 0 Å². The second-order valence-corrected chi connectivity index (χ2v) is 4.23. The summed E-state index contributed by atoms with van der Waals surface area (Å²) in [5.74, 6) is 0. The average molecular weight is 310 g/mol. The molecule has 0 spiro atoms. The number of nitriles is 1. The SMILES string of the molecule is N#Cc1ccc(-n2cc(I)cn2)cc1N. The molecule has 0 unspecified atom stereocenters. The van der Waals surface area contributed by atoms with Crippen LogP contribution in [0, 0.1) is 14.9 Å². The number of halogens is 1. The Kier molecular flexibility index (Phi) is 2.60. The van der Waals surface area contributed by atoms with Gasteiger partial charge in [-0.15, -0.1) is 0 Å². The average Bonchev–Trinajstić information content (AvgIpc) is 2.65. The molecule has 0 amide bonds. The van der Waals surface area contributed by atoms with E-state index in [-0.39, 0.29) is 0 Å². The molecule has 0 saturated carbocycles. The van der Waals surface area contributed by atoms with Gasteiger partial charge in [0.1, 0.15) is 6.07 Å². The van der Waals surface area contributed by atoms with E-state index < -0.39 is 0 Å². The fraction of sp³-hybridized carbons (Fsp3) is 0. The molecule has 0 fully saturated rings. The van der Waals surface area contributed by atoms with Gasteiger partial charge in [-0.3, -0.25) is 0 Å². The van der Waals surface area contributed by atoms with Crippen LogP contribution < -0.4 is 5.73 Å². The lowest BCUT2D eigenvalue weighted by Crippen LogP contribution is -1.97. The van der Waals surface area contributed by atoms with Crippen molar-refractivity contribution in [3.63, 3.8) is 0 Å². The predicted molar refractivity (Wildman–Crippen MR) is 65.4 cm³/mol.